The molecule has 2 heterocycles. The molecule has 1 aliphatic carbocycles. The van der Waals surface area contributed by atoms with Crippen LogP contribution in [0.4, 0.5) is 4.79 Å². The van der Waals surface area contributed by atoms with Gasteiger partial charge in [-0.25, -0.2) is 9.59 Å². The fraction of sp³-hybridized carbons (Fsp3) is 0.421. The molecule has 28 heavy (non-hydrogen) atoms. The van der Waals surface area contributed by atoms with Crippen LogP contribution in [0.25, 0.3) is 0 Å². The highest BCUT2D eigenvalue weighted by Crippen LogP contribution is 2.45. The number of hydrogen-bond donors (Lipinski definition) is 1. The highest BCUT2D eigenvalue weighted by molar-refractivity contribution is 8.04. The van der Waals surface area contributed by atoms with Crippen LogP contribution in [0.15, 0.2) is 28.8 Å². The first-order valence-corrected chi connectivity index (χ1v) is 9.69. The molecule has 3 rings (SSSR count). The molecule has 2 aliphatic rings. The highest BCUT2D eigenvalue weighted by atomic mass is 32.2. The van der Waals surface area contributed by atoms with Crippen molar-refractivity contribution in [3.63, 3.8) is 0 Å². The molecule has 0 aromatic carbocycles. The highest BCUT2D eigenvalue weighted by Gasteiger charge is 2.57. The molecule has 1 aliphatic heterocycles. The summed E-state index contributed by atoms with van der Waals surface area (Å²) in [7, 11) is 0. The number of alkyl carbamates (subject to hydrolysis) is 1. The zero-order valence-electron chi connectivity index (χ0n) is 16.0. The number of esters is 1. The Hall–Kier alpha value is -2.68. The minimum absolute atomic E-state index is 0.0377. The van der Waals surface area contributed by atoms with Crippen molar-refractivity contribution in [1.29, 1.82) is 0 Å². The van der Waals surface area contributed by atoms with Crippen molar-refractivity contribution in [2.75, 3.05) is 12.4 Å². The molecule has 8 nitrogen and oxygen atoms in total. The Labute approximate surface area is 166 Å². The molecule has 0 bridgehead atoms. The van der Waals surface area contributed by atoms with Gasteiger partial charge in [0.15, 0.2) is 11.3 Å². The Balaban J connectivity index is 2.09. The van der Waals surface area contributed by atoms with Gasteiger partial charge in [0.05, 0.1) is 22.6 Å². The maximum absolute atomic E-state index is 13.2. The number of carbonyl (C=O) groups is 4. The first-order valence-electron chi connectivity index (χ1n) is 8.71. The van der Waals surface area contributed by atoms with Gasteiger partial charge in [-0.05, 0) is 39.8 Å². The molecule has 148 valence electrons. The van der Waals surface area contributed by atoms with Crippen LogP contribution in [0, 0.1) is 0 Å². The van der Waals surface area contributed by atoms with Crippen LogP contribution >= 0.6 is 11.8 Å². The number of pyridine rings is 1. The van der Waals surface area contributed by atoms with Gasteiger partial charge in [0, 0.05) is 11.9 Å². The predicted octanol–water partition coefficient (Wildman–Crippen LogP) is 2.29. The molecule has 0 spiro atoms. The Bertz CT molecular complexity index is 917. The number of hydrogen-bond acceptors (Lipinski definition) is 8. The molecule has 0 saturated carbocycles. The minimum atomic E-state index is -1.81. The van der Waals surface area contributed by atoms with Crippen molar-refractivity contribution in [3.8, 4) is 0 Å². The second-order valence-corrected chi connectivity index (χ2v) is 8.29. The smallest absolute Gasteiger partial charge is 0.408 e. The molecule has 0 fully saturated rings. The molecule has 9 heteroatoms. The van der Waals surface area contributed by atoms with Gasteiger partial charge in [-0.1, -0.05) is 0 Å². The minimum Gasteiger partial charge on any atom is -0.464 e. The Kier molecular flexibility index (Phi) is 5.05. The van der Waals surface area contributed by atoms with Gasteiger partial charge in [0.1, 0.15) is 11.3 Å². The normalized spacial score (nSPS) is 21.1. The monoisotopic (exact) mass is 404 g/mol. The molecule has 0 saturated heterocycles. The van der Waals surface area contributed by atoms with E-state index in [9.17, 15) is 19.2 Å². The van der Waals surface area contributed by atoms with Crippen LogP contribution in [-0.4, -0.2) is 52.1 Å². The third-order valence-electron chi connectivity index (χ3n) is 4.13. The van der Waals surface area contributed by atoms with Gasteiger partial charge >= 0.3 is 12.1 Å². The van der Waals surface area contributed by atoms with Gasteiger partial charge in [-0.15, -0.1) is 11.8 Å². The van der Waals surface area contributed by atoms with E-state index in [1.807, 2.05) is 0 Å². The number of rotatable bonds is 3. The number of fused-ring (bicyclic) bond motifs is 1. The fourth-order valence-corrected chi connectivity index (χ4v) is 4.38. The predicted molar refractivity (Wildman–Crippen MR) is 101 cm³/mol. The maximum atomic E-state index is 13.2. The maximum Gasteiger partial charge on any atom is 0.408 e. The number of amides is 1. The quantitative estimate of drug-likeness (QED) is 0.764. The van der Waals surface area contributed by atoms with Crippen LogP contribution in [0.3, 0.4) is 0 Å². The molecule has 1 amide bonds. The van der Waals surface area contributed by atoms with Crippen molar-refractivity contribution in [3.05, 3.63) is 40.1 Å². The molecule has 1 aromatic heterocycles. The lowest BCUT2D eigenvalue weighted by atomic mass is 9.81. The number of nitrogens with one attached hydrogen (secondary N) is 1. The average Bonchev–Trinajstić information content (AvgIpc) is 2.99. The topological polar surface area (TPSA) is 112 Å². The van der Waals surface area contributed by atoms with E-state index < -0.39 is 34.8 Å². The molecule has 1 N–H and O–H groups in total. The van der Waals surface area contributed by atoms with Gasteiger partial charge in [0.25, 0.3) is 0 Å². The summed E-state index contributed by atoms with van der Waals surface area (Å²) in [6.45, 7) is 6.69. The number of aromatic nitrogens is 1. The lowest BCUT2D eigenvalue weighted by Gasteiger charge is -2.32. The van der Waals surface area contributed by atoms with E-state index in [0.29, 0.717) is 0 Å². The average molecular weight is 404 g/mol. The van der Waals surface area contributed by atoms with Gasteiger partial charge in [-0.3, -0.25) is 14.6 Å². The Morgan fingerprint density at radius 1 is 1.29 bits per heavy atom. The van der Waals surface area contributed by atoms with Gasteiger partial charge < -0.3 is 14.8 Å². The SMILES string of the molecule is CCOC(=O)C1(NC(=O)OC(C)(C)C)CSC2=C1C(=O)c1cccnc1C2=O. The van der Waals surface area contributed by atoms with E-state index in [0.717, 1.165) is 11.8 Å². The van der Waals surface area contributed by atoms with E-state index in [2.05, 4.69) is 10.3 Å². The summed E-state index contributed by atoms with van der Waals surface area (Å²) >= 11 is 1.02. The number of nitrogens with zero attached hydrogens (tertiary/aromatic N) is 1. The molecule has 0 radical (unpaired) electrons. The van der Waals surface area contributed by atoms with E-state index >= 15 is 0 Å². The summed E-state index contributed by atoms with van der Waals surface area (Å²) in [6.07, 6.45) is 0.541. The summed E-state index contributed by atoms with van der Waals surface area (Å²) in [5, 5.41) is 2.51. The zero-order chi connectivity index (χ0) is 20.7. The summed E-state index contributed by atoms with van der Waals surface area (Å²) < 4.78 is 10.4. The largest absolute Gasteiger partial charge is 0.464 e. The van der Waals surface area contributed by atoms with Crippen LogP contribution < -0.4 is 5.32 Å². The van der Waals surface area contributed by atoms with Gasteiger partial charge in [0.2, 0.25) is 5.78 Å². The molecular formula is C19H20N2O6S. The van der Waals surface area contributed by atoms with Crippen molar-refractivity contribution in [1.82, 2.24) is 10.3 Å². The van der Waals surface area contributed by atoms with E-state index in [4.69, 9.17) is 9.47 Å². The van der Waals surface area contributed by atoms with Gasteiger partial charge in [-0.2, -0.15) is 0 Å². The van der Waals surface area contributed by atoms with Crippen LogP contribution in [-0.2, 0) is 14.3 Å². The molecule has 1 aromatic rings. The summed E-state index contributed by atoms with van der Waals surface area (Å²) in [5.41, 5.74) is -2.58. The zero-order valence-corrected chi connectivity index (χ0v) is 16.8. The second-order valence-electron chi connectivity index (χ2n) is 7.30. The van der Waals surface area contributed by atoms with Crippen molar-refractivity contribution >= 4 is 35.4 Å². The van der Waals surface area contributed by atoms with Crippen molar-refractivity contribution in [2.45, 2.75) is 38.8 Å². The number of Topliss-reactive ketones (excluding diaryl/α,β-unsaturated/α-hetero) is 2. The second kappa shape index (κ2) is 7.05. The van der Waals surface area contributed by atoms with Crippen molar-refractivity contribution < 1.29 is 28.7 Å². The lowest BCUT2D eigenvalue weighted by molar-refractivity contribution is -0.148. The Morgan fingerprint density at radius 3 is 2.64 bits per heavy atom. The van der Waals surface area contributed by atoms with Crippen molar-refractivity contribution in [2.24, 2.45) is 0 Å². The summed E-state index contributed by atoms with van der Waals surface area (Å²) in [5.74, 6) is -1.85. The first kappa shape index (κ1) is 20.1. The van der Waals surface area contributed by atoms with E-state index in [1.54, 1.807) is 27.7 Å². The van der Waals surface area contributed by atoms with E-state index in [1.165, 1.54) is 18.3 Å². The van der Waals surface area contributed by atoms with Crippen LogP contribution in [0.2, 0.25) is 0 Å². The number of carbonyl (C=O) groups excluding carboxylic acids is 4. The number of ether oxygens (including phenoxy) is 2. The van der Waals surface area contributed by atoms with Crippen LogP contribution in [0.1, 0.15) is 48.5 Å². The summed E-state index contributed by atoms with van der Waals surface area (Å²) in [6, 6.07) is 3.00. The third-order valence-corrected chi connectivity index (χ3v) is 5.38. The summed E-state index contributed by atoms with van der Waals surface area (Å²) in [4.78, 5) is 55.4. The number of thioether (sulfide) groups is 1. The van der Waals surface area contributed by atoms with E-state index in [-0.39, 0.29) is 34.1 Å². The third kappa shape index (κ3) is 3.30. The number of allylic oxidation sites excluding steroid dienone is 1. The molecular weight excluding hydrogens is 384 g/mol. The Morgan fingerprint density at radius 2 is 2.00 bits per heavy atom. The molecule has 1 atom stereocenters. The first-order chi connectivity index (χ1) is 13.1. The fourth-order valence-electron chi connectivity index (χ4n) is 3.05. The number of ketones is 2. The van der Waals surface area contributed by atoms with Crippen LogP contribution in [0.5, 0.6) is 0 Å². The standard InChI is InChI=1S/C19H20N2O6S/c1-5-26-16(24)19(21-17(25)27-18(2,3)4)9-28-15-11(19)13(22)10-7-6-8-20-12(10)14(15)23/h6-8H,5,9H2,1-4H3,(H,21,25). The molecule has 1 unspecified atom stereocenters. The lowest BCUT2D eigenvalue weighted by Crippen LogP contribution is -2.59.